The molecule has 0 fully saturated rings. The molecular formula is C35H78O10S5Si3. The van der Waals surface area contributed by atoms with Crippen LogP contribution < -0.4 is 0 Å². The van der Waals surface area contributed by atoms with Crippen molar-refractivity contribution in [2.45, 2.75) is 145 Å². The molecule has 0 radical (unpaired) electrons. The van der Waals surface area contributed by atoms with E-state index < -0.39 is 26.4 Å². The van der Waals surface area contributed by atoms with E-state index >= 15 is 0 Å². The molecule has 0 aliphatic heterocycles. The number of hydrogen-bond acceptors (Lipinski definition) is 15. The molecule has 0 unspecified atom stereocenters. The van der Waals surface area contributed by atoms with Gasteiger partial charge in [-0.05, 0) is 108 Å². The summed E-state index contributed by atoms with van der Waals surface area (Å²) in [5.74, 6) is 2.96. The molecule has 0 atom stereocenters. The molecule has 0 bridgehead atoms. The van der Waals surface area contributed by atoms with Crippen LogP contribution in [0.4, 0.5) is 0 Å². The normalized spacial score (nSPS) is 12.3. The van der Waals surface area contributed by atoms with Gasteiger partial charge in [-0.15, -0.1) is 0 Å². The van der Waals surface area contributed by atoms with Crippen molar-refractivity contribution < 1.29 is 44.6 Å². The first-order valence-electron chi connectivity index (χ1n) is 20.2. The predicted molar refractivity (Wildman–Crippen MR) is 241 cm³/mol. The Labute approximate surface area is 348 Å². The lowest BCUT2D eigenvalue weighted by atomic mass is 10.1. The van der Waals surface area contributed by atoms with Crippen LogP contribution in [0.1, 0.15) is 127 Å². The van der Waals surface area contributed by atoms with Gasteiger partial charge in [-0.3, -0.25) is 4.79 Å². The molecule has 53 heavy (non-hydrogen) atoms. The van der Waals surface area contributed by atoms with Crippen molar-refractivity contribution in [3.63, 3.8) is 0 Å². The van der Waals surface area contributed by atoms with Gasteiger partial charge in [0.1, 0.15) is 0 Å². The first kappa shape index (κ1) is 56.8. The SMILES string of the molecule is CCCCCCCC(=O)SCCC[Si](OCC)(OCC)OCC.CCO[Si](CCCSSSSCCC[Si](OCC)(OCC)OCC)(OCC)OCC. The van der Waals surface area contributed by atoms with Crippen LogP contribution in [0.25, 0.3) is 0 Å². The van der Waals surface area contributed by atoms with Gasteiger partial charge in [0.15, 0.2) is 5.12 Å². The standard InChI is InChI=1S/C18H42O6S4Si2.C17H36O4SSi/c1-7-19-29(20-8-2,21-9-3)17-13-15-25-27-28-26-16-14-18-30(22-10-4,23-11-5)24-12-6;1-5-9-10-11-12-14-17(18)22-15-13-16-23(19-6-2,20-7-3)21-8-4/h7-18H2,1-6H3;5-16H2,1-4H3. The number of hydrogen-bond donors (Lipinski definition) is 0. The Balaban J connectivity index is 0. The molecule has 0 aromatic rings. The predicted octanol–water partition coefficient (Wildman–Crippen LogP) is 11.6. The van der Waals surface area contributed by atoms with Crippen molar-refractivity contribution in [2.24, 2.45) is 0 Å². The summed E-state index contributed by atoms with van der Waals surface area (Å²) in [6.07, 6.45) is 9.67. The Morgan fingerprint density at radius 3 is 1.00 bits per heavy atom. The third-order valence-electron chi connectivity index (χ3n) is 7.20. The van der Waals surface area contributed by atoms with Crippen LogP contribution in [-0.4, -0.2) is 108 Å². The molecule has 0 rings (SSSR count). The molecule has 0 aromatic heterocycles. The molecule has 0 aromatic carbocycles. The van der Waals surface area contributed by atoms with Gasteiger partial charge in [0.05, 0.1) is 0 Å². The lowest BCUT2D eigenvalue weighted by molar-refractivity contribution is -0.111. The first-order valence-corrected chi connectivity index (χ1v) is 32.1. The minimum Gasteiger partial charge on any atom is -0.374 e. The molecule has 0 heterocycles. The van der Waals surface area contributed by atoms with E-state index in [4.69, 9.17) is 39.8 Å². The number of rotatable bonds is 39. The van der Waals surface area contributed by atoms with Crippen LogP contribution in [0.5, 0.6) is 0 Å². The van der Waals surface area contributed by atoms with E-state index in [0.29, 0.717) is 71.0 Å². The average molecular weight is 904 g/mol. The van der Waals surface area contributed by atoms with Crippen molar-refractivity contribution in [3.8, 4) is 0 Å². The molecule has 0 saturated carbocycles. The smallest absolute Gasteiger partial charge is 0.374 e. The molecule has 0 saturated heterocycles. The van der Waals surface area contributed by atoms with Crippen LogP contribution >= 0.6 is 53.0 Å². The maximum absolute atomic E-state index is 11.9. The summed E-state index contributed by atoms with van der Waals surface area (Å²) in [4.78, 5) is 11.9. The highest BCUT2D eigenvalue weighted by Crippen LogP contribution is 2.44. The minimum absolute atomic E-state index is 0.318. The summed E-state index contributed by atoms with van der Waals surface area (Å²) in [6, 6.07) is 2.55. The second-order valence-corrected chi connectivity index (χ2v) is 27.0. The fourth-order valence-corrected chi connectivity index (χ4v) is 20.8. The third-order valence-corrected chi connectivity index (χ3v) is 24.3. The molecule has 0 amide bonds. The van der Waals surface area contributed by atoms with E-state index in [1.807, 2.05) is 104 Å². The average Bonchev–Trinajstić information content (AvgIpc) is 3.12. The summed E-state index contributed by atoms with van der Waals surface area (Å²) in [7, 11) is -0.0567. The fourth-order valence-electron chi connectivity index (χ4n) is 5.23. The molecule has 320 valence electrons. The van der Waals surface area contributed by atoms with Crippen LogP contribution in [0.3, 0.4) is 0 Å². The largest absolute Gasteiger partial charge is 0.500 e. The van der Waals surface area contributed by atoms with Gasteiger partial charge in [-0.2, -0.15) is 0 Å². The second-order valence-electron chi connectivity index (χ2n) is 11.4. The van der Waals surface area contributed by atoms with E-state index in [1.54, 1.807) is 0 Å². The van der Waals surface area contributed by atoms with E-state index in [0.717, 1.165) is 61.1 Å². The number of unbranched alkanes of at least 4 members (excludes halogenated alkanes) is 4. The molecular weight excluding hydrogens is 825 g/mol. The topological polar surface area (TPSA) is 100 Å². The third kappa shape index (κ3) is 31.3. The minimum atomic E-state index is -2.53. The Kier molecular flexibility index (Phi) is 43.4. The van der Waals surface area contributed by atoms with E-state index in [-0.39, 0.29) is 0 Å². The van der Waals surface area contributed by atoms with Gasteiger partial charge in [0.2, 0.25) is 0 Å². The van der Waals surface area contributed by atoms with E-state index in [2.05, 4.69) is 6.92 Å². The van der Waals surface area contributed by atoms with Gasteiger partial charge in [-0.25, -0.2) is 0 Å². The van der Waals surface area contributed by atoms with Gasteiger partial charge in [0.25, 0.3) is 0 Å². The highest BCUT2D eigenvalue weighted by molar-refractivity contribution is 9.26. The van der Waals surface area contributed by atoms with Crippen molar-refractivity contribution >= 4 is 84.5 Å². The lowest BCUT2D eigenvalue weighted by Gasteiger charge is -2.28. The van der Waals surface area contributed by atoms with Crippen LogP contribution in [0.15, 0.2) is 0 Å². The van der Waals surface area contributed by atoms with Crippen molar-refractivity contribution in [3.05, 3.63) is 0 Å². The Bertz CT molecular complexity index is 718. The van der Waals surface area contributed by atoms with Crippen molar-refractivity contribution in [1.29, 1.82) is 0 Å². The molecule has 10 nitrogen and oxygen atoms in total. The molecule has 0 N–H and O–H groups in total. The molecule has 18 heteroatoms. The highest BCUT2D eigenvalue weighted by Gasteiger charge is 2.41. The maximum atomic E-state index is 11.9. The van der Waals surface area contributed by atoms with Crippen LogP contribution in [0, 0.1) is 0 Å². The van der Waals surface area contributed by atoms with Gasteiger partial charge >= 0.3 is 26.4 Å². The molecule has 0 aliphatic carbocycles. The summed E-state index contributed by atoms with van der Waals surface area (Å²) in [5.41, 5.74) is 0. The van der Waals surface area contributed by atoms with E-state index in [9.17, 15) is 4.79 Å². The Hall–Kier alpha value is 1.71. The highest BCUT2D eigenvalue weighted by atomic mass is 33.7. The Morgan fingerprint density at radius 2 is 0.698 bits per heavy atom. The molecule has 0 spiro atoms. The zero-order chi connectivity index (χ0) is 39.9. The summed E-state index contributed by atoms with van der Waals surface area (Å²) in [5, 5.41) is 0.318. The van der Waals surface area contributed by atoms with E-state index in [1.165, 1.54) is 37.4 Å². The summed E-state index contributed by atoms with van der Waals surface area (Å²) < 4.78 is 52.9. The van der Waals surface area contributed by atoms with Crippen molar-refractivity contribution in [1.82, 2.24) is 0 Å². The maximum Gasteiger partial charge on any atom is 0.500 e. The van der Waals surface area contributed by atoms with Crippen LogP contribution in [0.2, 0.25) is 18.1 Å². The number of carbonyl (C=O) groups is 1. The fraction of sp³-hybridized carbons (Fsp3) is 0.971. The molecule has 0 aliphatic rings. The van der Waals surface area contributed by atoms with Gasteiger partial charge in [0, 0.05) is 101 Å². The van der Waals surface area contributed by atoms with Crippen molar-refractivity contribution in [2.75, 3.05) is 76.7 Å². The number of carbonyl (C=O) groups excluding carboxylic acids is 1. The van der Waals surface area contributed by atoms with Crippen LogP contribution in [-0.2, 0) is 44.6 Å². The lowest BCUT2D eigenvalue weighted by Crippen LogP contribution is -2.46. The summed E-state index contributed by atoms with van der Waals surface area (Å²) in [6.45, 7) is 25.8. The Morgan fingerprint density at radius 1 is 0.396 bits per heavy atom. The second kappa shape index (κ2) is 40.5. The summed E-state index contributed by atoms with van der Waals surface area (Å²) >= 11 is 1.45. The zero-order valence-corrected chi connectivity index (χ0v) is 42.2. The number of thioether (sulfide) groups is 1. The van der Waals surface area contributed by atoms with Gasteiger partial charge < -0.3 is 39.8 Å². The zero-order valence-electron chi connectivity index (χ0n) is 35.1. The quantitative estimate of drug-likeness (QED) is 0.0332. The monoisotopic (exact) mass is 902 g/mol. The van der Waals surface area contributed by atoms with Gasteiger partial charge in [-0.1, -0.05) is 66.0 Å². The first-order chi connectivity index (χ1) is 25.7.